The Bertz CT molecular complexity index is 543. The molecule has 1 amide bonds. The Morgan fingerprint density at radius 3 is 2.83 bits per heavy atom. The zero-order chi connectivity index (χ0) is 16.7. The van der Waals surface area contributed by atoms with Crippen LogP contribution < -0.4 is 5.32 Å². The molecule has 0 spiro atoms. The fraction of sp³-hybridized carbons (Fsp3) is 0.526. The van der Waals surface area contributed by atoms with Gasteiger partial charge in [0.25, 0.3) is 0 Å². The normalized spacial score (nSPS) is 21.9. The molecule has 2 aliphatic carbocycles. The first-order chi connectivity index (χ1) is 11.1. The van der Waals surface area contributed by atoms with E-state index < -0.39 is 0 Å². The fourth-order valence-electron chi connectivity index (χ4n) is 2.84. The minimum Gasteiger partial charge on any atom is -0.501 e. The maximum atomic E-state index is 12.4. The summed E-state index contributed by atoms with van der Waals surface area (Å²) in [7, 11) is 3.39. The monoisotopic (exact) mass is 317 g/mol. The molecule has 0 aromatic rings. The summed E-state index contributed by atoms with van der Waals surface area (Å²) >= 11 is 0. The van der Waals surface area contributed by atoms with Gasteiger partial charge < -0.3 is 14.8 Å². The second-order valence-corrected chi connectivity index (χ2v) is 6.10. The Morgan fingerprint density at radius 2 is 2.17 bits per heavy atom. The van der Waals surface area contributed by atoms with E-state index in [-0.39, 0.29) is 11.9 Å². The third-order valence-corrected chi connectivity index (χ3v) is 4.40. The molecule has 126 valence electrons. The van der Waals surface area contributed by atoms with E-state index in [1.54, 1.807) is 14.2 Å². The molecule has 2 aliphatic rings. The van der Waals surface area contributed by atoms with Crippen LogP contribution >= 0.6 is 0 Å². The standard InChI is InChI=1S/C19H27NO3/c1-14(11-12-22-2)16-5-4-6-17(13-16)20-19(21)15-7-9-18(23-3)10-8-15/h4-5,7,9,13-14,17H,6,8,10-12H2,1-3H3,(H,20,21). The zero-order valence-electron chi connectivity index (χ0n) is 14.3. The van der Waals surface area contributed by atoms with E-state index >= 15 is 0 Å². The maximum absolute atomic E-state index is 12.4. The summed E-state index contributed by atoms with van der Waals surface area (Å²) in [6.45, 7) is 2.95. The number of carbonyl (C=O) groups is 1. The molecule has 0 aliphatic heterocycles. The molecule has 4 nitrogen and oxygen atoms in total. The molecule has 2 unspecified atom stereocenters. The van der Waals surface area contributed by atoms with Gasteiger partial charge in [0.2, 0.25) is 5.91 Å². The number of nitrogens with one attached hydrogen (secondary N) is 1. The van der Waals surface area contributed by atoms with Crippen LogP contribution in [0.2, 0.25) is 0 Å². The lowest BCUT2D eigenvalue weighted by molar-refractivity contribution is -0.118. The molecule has 0 aromatic heterocycles. The highest BCUT2D eigenvalue weighted by molar-refractivity contribution is 5.94. The Kier molecular flexibility index (Phi) is 6.66. The Morgan fingerprint density at radius 1 is 1.35 bits per heavy atom. The van der Waals surface area contributed by atoms with Gasteiger partial charge in [0, 0.05) is 25.7 Å². The van der Waals surface area contributed by atoms with Gasteiger partial charge in [0.1, 0.15) is 0 Å². The van der Waals surface area contributed by atoms with Gasteiger partial charge in [0.05, 0.1) is 18.9 Å². The van der Waals surface area contributed by atoms with Crippen LogP contribution in [0.5, 0.6) is 0 Å². The van der Waals surface area contributed by atoms with E-state index in [0.717, 1.165) is 43.6 Å². The van der Waals surface area contributed by atoms with Gasteiger partial charge >= 0.3 is 0 Å². The Balaban J connectivity index is 1.93. The van der Waals surface area contributed by atoms with Crippen molar-refractivity contribution in [1.29, 1.82) is 0 Å². The van der Waals surface area contributed by atoms with Crippen molar-refractivity contribution in [2.24, 2.45) is 5.92 Å². The molecule has 2 rings (SSSR count). The van der Waals surface area contributed by atoms with Crippen molar-refractivity contribution in [3.8, 4) is 0 Å². The number of ether oxygens (including phenoxy) is 2. The van der Waals surface area contributed by atoms with Gasteiger partial charge in [-0.05, 0) is 36.8 Å². The summed E-state index contributed by atoms with van der Waals surface area (Å²) in [6, 6.07) is 0.0706. The minimum atomic E-state index is 0.0249. The molecule has 0 heterocycles. The van der Waals surface area contributed by atoms with Crippen LogP contribution in [0.15, 0.2) is 47.3 Å². The number of methoxy groups -OCH3 is 2. The van der Waals surface area contributed by atoms with Crippen LogP contribution in [-0.2, 0) is 14.3 Å². The van der Waals surface area contributed by atoms with E-state index in [1.165, 1.54) is 5.57 Å². The quantitative estimate of drug-likeness (QED) is 0.784. The highest BCUT2D eigenvalue weighted by Crippen LogP contribution is 2.23. The van der Waals surface area contributed by atoms with E-state index in [4.69, 9.17) is 9.47 Å². The van der Waals surface area contributed by atoms with Gasteiger partial charge in [0.15, 0.2) is 0 Å². The van der Waals surface area contributed by atoms with E-state index in [0.29, 0.717) is 5.92 Å². The van der Waals surface area contributed by atoms with Crippen LogP contribution in [0.1, 0.15) is 32.6 Å². The zero-order valence-corrected chi connectivity index (χ0v) is 14.3. The lowest BCUT2D eigenvalue weighted by atomic mass is 9.91. The predicted octanol–water partition coefficient (Wildman–Crippen LogP) is 3.28. The summed E-state index contributed by atoms with van der Waals surface area (Å²) < 4.78 is 10.3. The molecular formula is C19H27NO3. The largest absolute Gasteiger partial charge is 0.501 e. The summed E-state index contributed by atoms with van der Waals surface area (Å²) in [5.41, 5.74) is 2.10. The van der Waals surface area contributed by atoms with E-state index in [9.17, 15) is 4.79 Å². The second kappa shape index (κ2) is 8.73. The molecule has 0 fully saturated rings. The Labute approximate surface area is 138 Å². The summed E-state index contributed by atoms with van der Waals surface area (Å²) in [5, 5.41) is 3.13. The van der Waals surface area contributed by atoms with Crippen molar-refractivity contribution in [3.05, 3.63) is 47.3 Å². The van der Waals surface area contributed by atoms with Crippen molar-refractivity contribution in [3.63, 3.8) is 0 Å². The molecule has 23 heavy (non-hydrogen) atoms. The SMILES string of the molecule is COCCC(C)C1=CC(NC(=O)C2=CC=C(OC)CC2)CC=C1. The molecule has 1 N–H and O–H groups in total. The maximum Gasteiger partial charge on any atom is 0.247 e. The van der Waals surface area contributed by atoms with E-state index in [2.05, 4.69) is 30.5 Å². The number of allylic oxidation sites excluding steroid dienone is 5. The predicted molar refractivity (Wildman–Crippen MR) is 91.8 cm³/mol. The molecule has 0 saturated carbocycles. The van der Waals surface area contributed by atoms with Crippen LogP contribution in [0.3, 0.4) is 0 Å². The third-order valence-electron chi connectivity index (χ3n) is 4.40. The van der Waals surface area contributed by atoms with Gasteiger partial charge in [-0.2, -0.15) is 0 Å². The highest BCUT2D eigenvalue weighted by atomic mass is 16.5. The van der Waals surface area contributed by atoms with Gasteiger partial charge in [-0.15, -0.1) is 0 Å². The third kappa shape index (κ3) is 5.10. The lowest BCUT2D eigenvalue weighted by Gasteiger charge is -2.23. The minimum absolute atomic E-state index is 0.0249. The van der Waals surface area contributed by atoms with Gasteiger partial charge in [-0.3, -0.25) is 4.79 Å². The van der Waals surface area contributed by atoms with Gasteiger partial charge in [-0.25, -0.2) is 0 Å². The molecule has 0 bridgehead atoms. The molecule has 4 heteroatoms. The first-order valence-corrected chi connectivity index (χ1v) is 8.25. The number of amides is 1. The summed E-state index contributed by atoms with van der Waals surface area (Å²) in [5.74, 6) is 1.39. The molecular weight excluding hydrogens is 290 g/mol. The van der Waals surface area contributed by atoms with Crippen LogP contribution in [0, 0.1) is 5.92 Å². The van der Waals surface area contributed by atoms with Crippen molar-refractivity contribution >= 4 is 5.91 Å². The highest BCUT2D eigenvalue weighted by Gasteiger charge is 2.19. The number of carbonyl (C=O) groups excluding carboxylic acids is 1. The Hall–Kier alpha value is -1.81. The first-order valence-electron chi connectivity index (χ1n) is 8.25. The summed E-state index contributed by atoms with van der Waals surface area (Å²) in [4.78, 5) is 12.4. The summed E-state index contributed by atoms with van der Waals surface area (Å²) in [6.07, 6.45) is 13.6. The molecule has 0 aromatic carbocycles. The van der Waals surface area contributed by atoms with Crippen molar-refractivity contribution in [1.82, 2.24) is 5.32 Å². The van der Waals surface area contributed by atoms with Crippen LogP contribution in [0.25, 0.3) is 0 Å². The lowest BCUT2D eigenvalue weighted by Crippen LogP contribution is -2.35. The number of hydrogen-bond donors (Lipinski definition) is 1. The van der Waals surface area contributed by atoms with Gasteiger partial charge in [-0.1, -0.05) is 31.2 Å². The molecule has 0 saturated heterocycles. The molecule has 2 atom stereocenters. The smallest absolute Gasteiger partial charge is 0.247 e. The number of hydrogen-bond acceptors (Lipinski definition) is 3. The van der Waals surface area contributed by atoms with Crippen molar-refractivity contribution in [2.45, 2.75) is 38.6 Å². The average Bonchev–Trinajstić information content (AvgIpc) is 2.60. The topological polar surface area (TPSA) is 47.6 Å². The van der Waals surface area contributed by atoms with Crippen molar-refractivity contribution < 1.29 is 14.3 Å². The van der Waals surface area contributed by atoms with E-state index in [1.807, 2.05) is 12.2 Å². The van der Waals surface area contributed by atoms with Crippen LogP contribution in [0.4, 0.5) is 0 Å². The second-order valence-electron chi connectivity index (χ2n) is 6.10. The molecule has 0 radical (unpaired) electrons. The average molecular weight is 317 g/mol. The fourth-order valence-corrected chi connectivity index (χ4v) is 2.84. The van der Waals surface area contributed by atoms with Crippen LogP contribution in [-0.4, -0.2) is 32.8 Å². The van der Waals surface area contributed by atoms with Crippen molar-refractivity contribution in [2.75, 3.05) is 20.8 Å². The first kappa shape index (κ1) is 17.5. The number of rotatable bonds is 7.